The second-order valence-corrected chi connectivity index (χ2v) is 6.63. The van der Waals surface area contributed by atoms with Crippen molar-refractivity contribution in [2.24, 2.45) is 5.92 Å². The molecule has 2 amide bonds. The number of amides is 2. The maximum Gasteiger partial charge on any atom is 0.253 e. The summed E-state index contributed by atoms with van der Waals surface area (Å²) in [5.41, 5.74) is 0.462. The van der Waals surface area contributed by atoms with Gasteiger partial charge in [0.15, 0.2) is 0 Å². The number of hydrogen-bond donors (Lipinski definition) is 2. The SMILES string of the molecule is CC(CO)NC(=O)C1CCCN(C(=O)c2ccc(Cl)c(Cl)c2)C1. The molecule has 23 heavy (non-hydrogen) atoms. The van der Waals surface area contributed by atoms with Gasteiger partial charge in [0.25, 0.3) is 5.91 Å². The Morgan fingerprint density at radius 2 is 2.13 bits per heavy atom. The van der Waals surface area contributed by atoms with E-state index in [1.165, 1.54) is 0 Å². The number of likely N-dealkylation sites (tertiary alicyclic amines) is 1. The number of piperidine rings is 1. The summed E-state index contributed by atoms with van der Waals surface area (Å²) in [6.45, 7) is 2.60. The largest absolute Gasteiger partial charge is 0.394 e. The van der Waals surface area contributed by atoms with Crippen LogP contribution in [0.25, 0.3) is 0 Å². The third-order valence-corrected chi connectivity index (χ3v) is 4.65. The van der Waals surface area contributed by atoms with Gasteiger partial charge >= 0.3 is 0 Å². The van der Waals surface area contributed by atoms with Crippen LogP contribution in [0.1, 0.15) is 30.1 Å². The molecule has 126 valence electrons. The minimum Gasteiger partial charge on any atom is -0.394 e. The molecular weight excluding hydrogens is 339 g/mol. The molecule has 1 aliphatic heterocycles. The predicted octanol–water partition coefficient (Wildman–Crippen LogP) is 2.34. The van der Waals surface area contributed by atoms with Crippen LogP contribution in [0.3, 0.4) is 0 Å². The lowest BCUT2D eigenvalue weighted by Gasteiger charge is -2.32. The van der Waals surface area contributed by atoms with Crippen LogP contribution in [0.15, 0.2) is 18.2 Å². The Morgan fingerprint density at radius 3 is 2.78 bits per heavy atom. The quantitative estimate of drug-likeness (QED) is 0.867. The molecule has 2 rings (SSSR count). The molecule has 1 aromatic carbocycles. The van der Waals surface area contributed by atoms with Crippen LogP contribution in [-0.4, -0.2) is 47.6 Å². The van der Waals surface area contributed by atoms with Crippen molar-refractivity contribution >= 4 is 35.0 Å². The van der Waals surface area contributed by atoms with E-state index in [9.17, 15) is 9.59 Å². The highest BCUT2D eigenvalue weighted by molar-refractivity contribution is 6.42. The van der Waals surface area contributed by atoms with E-state index < -0.39 is 0 Å². The summed E-state index contributed by atoms with van der Waals surface area (Å²) in [4.78, 5) is 26.4. The van der Waals surface area contributed by atoms with Crippen molar-refractivity contribution in [1.29, 1.82) is 0 Å². The Morgan fingerprint density at radius 1 is 1.39 bits per heavy atom. The van der Waals surface area contributed by atoms with Crippen molar-refractivity contribution in [3.63, 3.8) is 0 Å². The molecule has 0 bridgehead atoms. The number of carbonyl (C=O) groups excluding carboxylic acids is 2. The van der Waals surface area contributed by atoms with Crippen LogP contribution in [0.5, 0.6) is 0 Å². The highest BCUT2D eigenvalue weighted by Gasteiger charge is 2.29. The van der Waals surface area contributed by atoms with Gasteiger partial charge in [0.1, 0.15) is 0 Å². The molecule has 2 atom stereocenters. The second-order valence-electron chi connectivity index (χ2n) is 5.81. The molecule has 7 heteroatoms. The van der Waals surface area contributed by atoms with Gasteiger partial charge in [-0.3, -0.25) is 9.59 Å². The molecule has 1 heterocycles. The maximum absolute atomic E-state index is 12.6. The number of rotatable bonds is 4. The Balaban J connectivity index is 2.03. The molecule has 1 saturated heterocycles. The molecule has 0 spiro atoms. The van der Waals surface area contributed by atoms with Gasteiger partial charge in [-0.2, -0.15) is 0 Å². The zero-order valence-electron chi connectivity index (χ0n) is 12.9. The fraction of sp³-hybridized carbons (Fsp3) is 0.500. The number of hydrogen-bond acceptors (Lipinski definition) is 3. The van der Waals surface area contributed by atoms with Gasteiger partial charge in [-0.25, -0.2) is 0 Å². The summed E-state index contributed by atoms with van der Waals surface area (Å²) < 4.78 is 0. The average Bonchev–Trinajstić information content (AvgIpc) is 2.56. The third kappa shape index (κ3) is 4.59. The van der Waals surface area contributed by atoms with Crippen molar-refractivity contribution in [2.45, 2.75) is 25.8 Å². The molecular formula is C16H20Cl2N2O3. The summed E-state index contributed by atoms with van der Waals surface area (Å²) in [5.74, 6) is -0.543. The standard InChI is InChI=1S/C16H20Cl2N2O3/c1-10(9-21)19-15(22)12-3-2-6-20(8-12)16(23)11-4-5-13(17)14(18)7-11/h4-5,7,10,12,21H,2-3,6,8-9H2,1H3,(H,19,22). The van der Waals surface area contributed by atoms with E-state index >= 15 is 0 Å². The van der Waals surface area contributed by atoms with E-state index in [-0.39, 0.29) is 30.4 Å². The van der Waals surface area contributed by atoms with Crippen molar-refractivity contribution in [2.75, 3.05) is 19.7 Å². The second kappa shape index (κ2) is 7.99. The fourth-order valence-corrected chi connectivity index (χ4v) is 2.89. The zero-order valence-corrected chi connectivity index (χ0v) is 14.4. The number of halogens is 2. The molecule has 0 aliphatic carbocycles. The summed E-state index contributed by atoms with van der Waals surface area (Å²) in [5, 5.41) is 12.5. The van der Waals surface area contributed by atoms with Crippen LogP contribution >= 0.6 is 23.2 Å². The first-order valence-corrected chi connectivity index (χ1v) is 8.33. The highest BCUT2D eigenvalue weighted by atomic mass is 35.5. The highest BCUT2D eigenvalue weighted by Crippen LogP contribution is 2.25. The van der Waals surface area contributed by atoms with E-state index in [0.717, 1.165) is 12.8 Å². The lowest BCUT2D eigenvalue weighted by Crippen LogP contribution is -2.47. The minimum atomic E-state index is -0.288. The minimum absolute atomic E-state index is 0.107. The van der Waals surface area contributed by atoms with Gasteiger partial charge in [-0.1, -0.05) is 23.2 Å². The first-order chi connectivity index (χ1) is 10.9. The van der Waals surface area contributed by atoms with Crippen LogP contribution in [0.2, 0.25) is 10.0 Å². The van der Waals surface area contributed by atoms with Crippen LogP contribution < -0.4 is 5.32 Å². The van der Waals surface area contributed by atoms with Gasteiger partial charge < -0.3 is 15.3 Å². The first kappa shape index (κ1) is 18.0. The van der Waals surface area contributed by atoms with Crippen LogP contribution in [0.4, 0.5) is 0 Å². The summed E-state index contributed by atoms with van der Waals surface area (Å²) in [6.07, 6.45) is 1.49. The summed E-state index contributed by atoms with van der Waals surface area (Å²) in [6, 6.07) is 4.48. The maximum atomic E-state index is 12.6. The van der Waals surface area contributed by atoms with Crippen molar-refractivity contribution in [1.82, 2.24) is 10.2 Å². The molecule has 5 nitrogen and oxygen atoms in total. The molecule has 1 aliphatic rings. The number of aliphatic hydroxyl groups is 1. The van der Waals surface area contributed by atoms with Crippen LogP contribution in [0, 0.1) is 5.92 Å². The predicted molar refractivity (Wildman–Crippen MR) is 89.8 cm³/mol. The Hall–Kier alpha value is -1.30. The average molecular weight is 359 g/mol. The van der Waals surface area contributed by atoms with Gasteiger partial charge in [-0.15, -0.1) is 0 Å². The van der Waals surface area contributed by atoms with Crippen LogP contribution in [-0.2, 0) is 4.79 Å². The smallest absolute Gasteiger partial charge is 0.253 e. The number of nitrogens with zero attached hydrogens (tertiary/aromatic N) is 1. The van der Waals surface area contributed by atoms with Gasteiger partial charge in [0, 0.05) is 24.7 Å². The molecule has 0 saturated carbocycles. The van der Waals surface area contributed by atoms with Crippen molar-refractivity contribution in [3.05, 3.63) is 33.8 Å². The van der Waals surface area contributed by atoms with E-state index in [0.29, 0.717) is 28.7 Å². The third-order valence-electron chi connectivity index (χ3n) is 3.91. The Bertz CT molecular complexity index is 595. The molecule has 0 radical (unpaired) electrons. The van der Waals surface area contributed by atoms with E-state index in [1.54, 1.807) is 30.0 Å². The molecule has 2 unspecified atom stereocenters. The van der Waals surface area contributed by atoms with E-state index in [4.69, 9.17) is 28.3 Å². The lowest BCUT2D eigenvalue weighted by atomic mass is 9.96. The van der Waals surface area contributed by atoms with Crippen molar-refractivity contribution in [3.8, 4) is 0 Å². The number of benzene rings is 1. The topological polar surface area (TPSA) is 69.6 Å². The monoisotopic (exact) mass is 358 g/mol. The molecule has 1 aromatic rings. The normalized spacial score (nSPS) is 19.3. The van der Waals surface area contributed by atoms with Crippen molar-refractivity contribution < 1.29 is 14.7 Å². The summed E-state index contributed by atoms with van der Waals surface area (Å²) in [7, 11) is 0. The number of carbonyl (C=O) groups is 2. The molecule has 0 aromatic heterocycles. The van der Waals surface area contributed by atoms with Gasteiger partial charge in [-0.05, 0) is 38.0 Å². The summed E-state index contributed by atoms with van der Waals surface area (Å²) >= 11 is 11.8. The van der Waals surface area contributed by atoms with E-state index in [1.807, 2.05) is 0 Å². The Labute approximate surface area is 145 Å². The lowest BCUT2D eigenvalue weighted by molar-refractivity contribution is -0.127. The van der Waals surface area contributed by atoms with E-state index in [2.05, 4.69) is 5.32 Å². The van der Waals surface area contributed by atoms with Gasteiger partial charge in [0.05, 0.1) is 22.6 Å². The van der Waals surface area contributed by atoms with Gasteiger partial charge in [0.2, 0.25) is 5.91 Å². The number of nitrogens with one attached hydrogen (secondary N) is 1. The molecule has 1 fully saturated rings. The zero-order chi connectivity index (χ0) is 17.0. The Kier molecular flexibility index (Phi) is 6.27. The number of aliphatic hydroxyl groups excluding tert-OH is 1. The first-order valence-electron chi connectivity index (χ1n) is 7.58. The fourth-order valence-electron chi connectivity index (χ4n) is 2.59. The molecule has 2 N–H and O–H groups in total.